The summed E-state index contributed by atoms with van der Waals surface area (Å²) in [5, 5.41) is 12.9. The maximum Gasteiger partial charge on any atom is 0.265 e. The molecule has 8 nitrogen and oxygen atoms in total. The lowest BCUT2D eigenvalue weighted by atomic mass is 10.0. The van der Waals surface area contributed by atoms with E-state index in [0.717, 1.165) is 43.5 Å². The molecule has 1 atom stereocenters. The fraction of sp³-hybridized carbons (Fsp3) is 0.481. The molecule has 37 heavy (non-hydrogen) atoms. The molecule has 3 rings (SSSR count). The Morgan fingerprint density at radius 1 is 1.19 bits per heavy atom. The number of methoxy groups -OCH3 is 1. The Kier molecular flexibility index (Phi) is 9.65. The fourth-order valence-electron chi connectivity index (χ4n) is 4.61. The van der Waals surface area contributed by atoms with E-state index in [0.29, 0.717) is 25.7 Å². The molecule has 0 radical (unpaired) electrons. The van der Waals surface area contributed by atoms with Crippen LogP contribution in [0.4, 0.5) is 10.1 Å². The minimum Gasteiger partial charge on any atom is -0.379 e. The van der Waals surface area contributed by atoms with E-state index in [4.69, 9.17) is 4.74 Å². The van der Waals surface area contributed by atoms with E-state index in [1.807, 2.05) is 60.1 Å². The lowest BCUT2D eigenvalue weighted by Gasteiger charge is -2.26. The first-order chi connectivity index (χ1) is 17.6. The van der Waals surface area contributed by atoms with Crippen LogP contribution in [0, 0.1) is 17.1 Å². The highest BCUT2D eigenvalue weighted by Crippen LogP contribution is 2.33. The number of nitriles is 1. The third-order valence-corrected chi connectivity index (χ3v) is 8.15. The molecule has 1 aliphatic rings. The van der Waals surface area contributed by atoms with Crippen molar-refractivity contribution in [1.29, 1.82) is 5.26 Å². The van der Waals surface area contributed by atoms with Crippen molar-refractivity contribution >= 4 is 21.6 Å². The molecule has 0 saturated heterocycles. The van der Waals surface area contributed by atoms with E-state index < -0.39 is 32.2 Å². The van der Waals surface area contributed by atoms with Crippen molar-refractivity contribution in [2.75, 3.05) is 33.1 Å². The van der Waals surface area contributed by atoms with Crippen molar-refractivity contribution in [2.24, 2.45) is 0 Å². The maximum absolute atomic E-state index is 15.3. The van der Waals surface area contributed by atoms with Gasteiger partial charge in [-0.25, -0.2) is 17.5 Å². The Bertz CT molecular complexity index is 1220. The van der Waals surface area contributed by atoms with Crippen LogP contribution in [0.3, 0.4) is 0 Å². The zero-order valence-corrected chi connectivity index (χ0v) is 22.4. The largest absolute Gasteiger partial charge is 0.379 e. The molecule has 1 fully saturated rings. The second-order valence-corrected chi connectivity index (χ2v) is 11.4. The van der Waals surface area contributed by atoms with E-state index in [2.05, 4.69) is 5.32 Å². The molecule has 200 valence electrons. The summed E-state index contributed by atoms with van der Waals surface area (Å²) in [6, 6.07) is 13.6. The van der Waals surface area contributed by atoms with Crippen molar-refractivity contribution in [3.8, 4) is 6.07 Å². The fourth-order valence-corrected chi connectivity index (χ4v) is 5.69. The van der Waals surface area contributed by atoms with E-state index in [1.54, 1.807) is 0 Å². The molecule has 2 N–H and O–H groups in total. The first-order valence-electron chi connectivity index (χ1n) is 12.4. The SMILES string of the molecule is COC1(C(=O)NS(=O)(=O)c2cc(F)c(N[C@@H](CCc3ccccc3)CCN(C)C)c(C#N)c2)CCCC1. The van der Waals surface area contributed by atoms with Crippen molar-refractivity contribution in [1.82, 2.24) is 9.62 Å². The van der Waals surface area contributed by atoms with Gasteiger partial charge < -0.3 is 15.0 Å². The number of halogens is 1. The van der Waals surface area contributed by atoms with Crippen LogP contribution < -0.4 is 10.0 Å². The number of amides is 1. The number of nitrogens with zero attached hydrogens (tertiary/aromatic N) is 2. The molecule has 1 aliphatic carbocycles. The molecule has 0 spiro atoms. The van der Waals surface area contributed by atoms with E-state index in [-0.39, 0.29) is 17.3 Å². The molecule has 10 heteroatoms. The first-order valence-corrected chi connectivity index (χ1v) is 13.9. The quantitative estimate of drug-likeness (QED) is 0.429. The van der Waals surface area contributed by atoms with Crippen molar-refractivity contribution < 1.29 is 22.3 Å². The highest BCUT2D eigenvalue weighted by atomic mass is 32.2. The van der Waals surface area contributed by atoms with Gasteiger partial charge in [-0.05, 0) is 83.3 Å². The Balaban J connectivity index is 1.82. The van der Waals surface area contributed by atoms with Crippen molar-refractivity contribution in [3.63, 3.8) is 0 Å². The third kappa shape index (κ3) is 7.28. The van der Waals surface area contributed by atoms with Crippen molar-refractivity contribution in [3.05, 3.63) is 59.4 Å². The number of aryl methyl sites for hydroxylation is 1. The molecule has 0 bridgehead atoms. The van der Waals surface area contributed by atoms with Crippen LogP contribution in [0.15, 0.2) is 47.4 Å². The summed E-state index contributed by atoms with van der Waals surface area (Å²) in [6.45, 7) is 0.746. The summed E-state index contributed by atoms with van der Waals surface area (Å²) < 4.78 is 48.6. The number of hydrogen-bond acceptors (Lipinski definition) is 7. The number of hydrogen-bond donors (Lipinski definition) is 2. The van der Waals surface area contributed by atoms with Gasteiger partial charge in [0.15, 0.2) is 0 Å². The number of nitrogens with one attached hydrogen (secondary N) is 2. The molecule has 0 aliphatic heterocycles. The molecule has 1 amide bonds. The monoisotopic (exact) mass is 530 g/mol. The zero-order valence-electron chi connectivity index (χ0n) is 21.6. The molecular weight excluding hydrogens is 495 g/mol. The predicted molar refractivity (Wildman–Crippen MR) is 140 cm³/mol. The smallest absolute Gasteiger partial charge is 0.265 e. The van der Waals surface area contributed by atoms with Gasteiger partial charge in [0, 0.05) is 13.2 Å². The topological polar surface area (TPSA) is 112 Å². The Morgan fingerprint density at radius 2 is 1.86 bits per heavy atom. The van der Waals surface area contributed by atoms with Gasteiger partial charge in [0.1, 0.15) is 17.5 Å². The highest BCUT2D eigenvalue weighted by Gasteiger charge is 2.43. The van der Waals surface area contributed by atoms with Crippen LogP contribution in [0.1, 0.15) is 49.7 Å². The van der Waals surface area contributed by atoms with E-state index in [9.17, 15) is 18.5 Å². The van der Waals surface area contributed by atoms with Crippen LogP contribution in [-0.4, -0.2) is 58.6 Å². The van der Waals surface area contributed by atoms with Crippen LogP contribution in [0.25, 0.3) is 0 Å². The number of rotatable bonds is 12. The second-order valence-electron chi connectivity index (χ2n) is 9.74. The first kappa shape index (κ1) is 28.6. The summed E-state index contributed by atoms with van der Waals surface area (Å²) in [7, 11) is 0.847. The Labute approximate surface area is 218 Å². The molecule has 0 heterocycles. The predicted octanol–water partition coefficient (Wildman–Crippen LogP) is 3.83. The van der Waals surface area contributed by atoms with Gasteiger partial charge in [0.05, 0.1) is 16.1 Å². The van der Waals surface area contributed by atoms with Crippen molar-refractivity contribution in [2.45, 2.75) is 61.5 Å². The minimum absolute atomic E-state index is 0.0475. The van der Waals surface area contributed by atoms with Gasteiger partial charge >= 0.3 is 0 Å². The average molecular weight is 531 g/mol. The maximum atomic E-state index is 15.3. The van der Waals surface area contributed by atoms with E-state index in [1.165, 1.54) is 7.11 Å². The number of sulfonamides is 1. The number of benzene rings is 2. The normalized spacial score (nSPS) is 15.8. The van der Waals surface area contributed by atoms with Gasteiger partial charge in [0.25, 0.3) is 15.9 Å². The minimum atomic E-state index is -4.42. The van der Waals surface area contributed by atoms with Gasteiger partial charge in [0.2, 0.25) is 0 Å². The van der Waals surface area contributed by atoms with Gasteiger partial charge in [-0.15, -0.1) is 0 Å². The molecule has 1 saturated carbocycles. The average Bonchev–Trinajstić information content (AvgIpc) is 3.37. The van der Waals surface area contributed by atoms with Gasteiger partial charge in [-0.1, -0.05) is 30.3 Å². The number of carbonyl (C=O) groups excluding carboxylic acids is 1. The van der Waals surface area contributed by atoms with E-state index >= 15 is 4.39 Å². The van der Waals surface area contributed by atoms with Crippen LogP contribution >= 0.6 is 0 Å². The summed E-state index contributed by atoms with van der Waals surface area (Å²) >= 11 is 0. The summed E-state index contributed by atoms with van der Waals surface area (Å²) in [6.07, 6.45) is 4.44. The van der Waals surface area contributed by atoms with Crippen LogP contribution in [0.2, 0.25) is 0 Å². The number of anilines is 1. The van der Waals surface area contributed by atoms with Crippen LogP contribution in [0.5, 0.6) is 0 Å². The Morgan fingerprint density at radius 3 is 2.46 bits per heavy atom. The Hall–Kier alpha value is -3.00. The highest BCUT2D eigenvalue weighted by molar-refractivity contribution is 7.90. The molecule has 0 unspecified atom stereocenters. The summed E-state index contributed by atoms with van der Waals surface area (Å²) in [5.74, 6) is -1.65. The number of carbonyl (C=O) groups is 1. The molecule has 2 aromatic rings. The molecule has 0 aromatic heterocycles. The summed E-state index contributed by atoms with van der Waals surface area (Å²) in [5.41, 5.74) is -0.268. The third-order valence-electron chi connectivity index (χ3n) is 6.83. The number of ether oxygens (including phenoxy) is 1. The summed E-state index contributed by atoms with van der Waals surface area (Å²) in [4.78, 5) is 14.3. The molecular formula is C27H35FN4O4S. The zero-order chi connectivity index (χ0) is 27.1. The van der Waals surface area contributed by atoms with Gasteiger partial charge in [-0.2, -0.15) is 5.26 Å². The second kappa shape index (κ2) is 12.5. The lowest BCUT2D eigenvalue weighted by molar-refractivity contribution is -0.140. The lowest BCUT2D eigenvalue weighted by Crippen LogP contribution is -2.48. The standard InChI is InChI=1S/C27H35FN4O4S/c1-32(2)16-13-22(12-11-20-9-5-4-6-10-20)30-25-21(19-29)17-23(18-24(25)28)37(34,35)31-26(33)27(36-3)14-7-8-15-27/h4-6,9-10,17-18,22,30H,7-8,11-16H2,1-3H3,(H,31,33)/t22-/m0/s1. The van der Waals surface area contributed by atoms with Gasteiger partial charge in [-0.3, -0.25) is 4.79 Å². The van der Waals surface area contributed by atoms with Crippen LogP contribution in [-0.2, 0) is 26.0 Å². The molecule has 2 aromatic carbocycles.